The highest BCUT2D eigenvalue weighted by Crippen LogP contribution is 2.55. The molecule has 0 spiro atoms. The summed E-state index contributed by atoms with van der Waals surface area (Å²) >= 11 is 0. The summed E-state index contributed by atoms with van der Waals surface area (Å²) in [7, 11) is 0. The number of unbranched alkanes of at least 4 members (excludes halogenated alkanes) is 6. The zero-order valence-electron chi connectivity index (χ0n) is 43.3. The fraction of sp³-hybridized carbons (Fsp3) is 0.313. The number of rotatable bonds is 30. The average molecular weight is 975 g/mol. The van der Waals surface area contributed by atoms with Gasteiger partial charge in [-0.15, -0.1) is 0 Å². The highest BCUT2D eigenvalue weighted by Gasteiger charge is 2.42. The zero-order chi connectivity index (χ0) is 51.4. The highest BCUT2D eigenvalue weighted by atomic mass is 16.5. The van der Waals surface area contributed by atoms with E-state index in [1.54, 1.807) is 24.3 Å². The van der Waals surface area contributed by atoms with Gasteiger partial charge in [0.05, 0.1) is 13.2 Å². The van der Waals surface area contributed by atoms with E-state index >= 15 is 0 Å². The summed E-state index contributed by atoms with van der Waals surface area (Å²) < 4.78 is 22.6. The van der Waals surface area contributed by atoms with E-state index in [9.17, 15) is 9.59 Å². The lowest BCUT2D eigenvalue weighted by molar-refractivity contribution is -0.146. The van der Waals surface area contributed by atoms with Crippen molar-refractivity contribution in [1.82, 2.24) is 0 Å². The Balaban J connectivity index is 0.980. The molecular weight excluding hydrogens is 901 g/mol. The Morgan fingerprint density at radius 2 is 0.740 bits per heavy atom. The molecule has 0 unspecified atom stereocenters. The molecule has 7 rings (SSSR count). The van der Waals surface area contributed by atoms with Crippen LogP contribution in [0, 0.1) is 0 Å². The summed E-state index contributed by atoms with van der Waals surface area (Å²) in [6.07, 6.45) is 18.1. The summed E-state index contributed by atoms with van der Waals surface area (Å²) in [5.74, 6) is 1.23. The number of ether oxygens (including phenoxy) is 4. The third kappa shape index (κ3) is 14.1. The van der Waals surface area contributed by atoms with Gasteiger partial charge in [-0.3, -0.25) is 9.59 Å². The quantitative estimate of drug-likeness (QED) is 0.0254. The van der Waals surface area contributed by atoms with Crippen LogP contribution in [0.15, 0.2) is 184 Å². The third-order valence-corrected chi connectivity index (χ3v) is 14.1. The molecule has 0 bridgehead atoms. The molecule has 6 aromatic carbocycles. The van der Waals surface area contributed by atoms with Gasteiger partial charge in [-0.25, -0.2) is 0 Å². The summed E-state index contributed by atoms with van der Waals surface area (Å²) in [6.45, 7) is 20.5. The van der Waals surface area contributed by atoms with E-state index in [4.69, 9.17) is 18.9 Å². The summed E-state index contributed by atoms with van der Waals surface area (Å²) in [5.41, 5.74) is 15.2. The first-order valence-corrected chi connectivity index (χ1v) is 26.6. The van der Waals surface area contributed by atoms with Crippen molar-refractivity contribution in [1.29, 1.82) is 0 Å². The highest BCUT2D eigenvalue weighted by molar-refractivity contribution is 5.87. The number of carbonyl (C=O) groups excluding carboxylic acids is 2. The number of esters is 2. The van der Waals surface area contributed by atoms with Crippen LogP contribution in [0.1, 0.15) is 115 Å². The molecule has 0 amide bonds. The lowest BCUT2D eigenvalue weighted by Gasteiger charge is -2.33. The molecule has 1 aliphatic rings. The van der Waals surface area contributed by atoms with Crippen LogP contribution in [0.2, 0.25) is 0 Å². The molecule has 6 nitrogen and oxygen atoms in total. The topological polar surface area (TPSA) is 71.1 Å². The molecule has 0 fully saturated rings. The Morgan fingerprint density at radius 1 is 0.425 bits per heavy atom. The summed E-state index contributed by atoms with van der Waals surface area (Å²) in [4.78, 5) is 24.0. The van der Waals surface area contributed by atoms with Crippen LogP contribution < -0.4 is 9.47 Å². The van der Waals surface area contributed by atoms with Crippen molar-refractivity contribution < 1.29 is 28.5 Å². The van der Waals surface area contributed by atoms with Gasteiger partial charge in [-0.1, -0.05) is 163 Å². The van der Waals surface area contributed by atoms with Crippen LogP contribution in [0.3, 0.4) is 0 Å². The molecule has 0 heterocycles. The Labute approximate surface area is 435 Å². The molecule has 378 valence electrons. The maximum absolute atomic E-state index is 12.0. The standard InChI is InChI=1S/C67H74O6/c1-7-13-43-67(44-14-8-2)63-47-55(53-27-23-49(24-28-53)51-31-37-59(38-32-51)70-45-19-15-17-21-65(68)72-57(9-3)10-4)35-41-61(63)62-42-36-56(48-64(62)67)54-29-25-50(26-30-54)52-33-39-60(40-34-52)71-46-20-16-18-22-66(69)73-58(11-5)12-6/h9-12,23-42,47-48,57-58H,3-8,13-22,43-46H2,1-2H3. The van der Waals surface area contributed by atoms with Gasteiger partial charge in [0, 0.05) is 18.3 Å². The van der Waals surface area contributed by atoms with E-state index in [1.807, 2.05) is 24.3 Å². The van der Waals surface area contributed by atoms with E-state index in [2.05, 4.69) is 149 Å². The van der Waals surface area contributed by atoms with Crippen molar-refractivity contribution in [2.24, 2.45) is 0 Å². The number of carbonyl (C=O) groups is 2. The maximum atomic E-state index is 12.0. The normalized spacial score (nSPS) is 12.2. The van der Waals surface area contributed by atoms with E-state index in [-0.39, 0.29) is 17.4 Å². The molecule has 0 aromatic heterocycles. The Hall–Kier alpha value is -7.18. The molecule has 1 aliphatic carbocycles. The Kier molecular flexibility index (Phi) is 19.9. The smallest absolute Gasteiger partial charge is 0.306 e. The second-order valence-electron chi connectivity index (χ2n) is 19.2. The van der Waals surface area contributed by atoms with Gasteiger partial charge < -0.3 is 18.9 Å². The lowest BCUT2D eigenvalue weighted by atomic mass is 9.70. The minimum Gasteiger partial charge on any atom is -0.494 e. The van der Waals surface area contributed by atoms with E-state index in [0.717, 1.165) is 86.8 Å². The first-order chi connectivity index (χ1) is 35.7. The van der Waals surface area contributed by atoms with E-state index in [0.29, 0.717) is 26.1 Å². The van der Waals surface area contributed by atoms with Crippen molar-refractivity contribution in [2.45, 2.75) is 121 Å². The SMILES string of the molecule is C=CC(C=C)OC(=O)CCCCCOc1ccc(-c2ccc(-c3ccc4c(c3)C(CCCC)(CCCC)c3cc(-c5ccc(-c6ccc(OCCCCCC(=O)OC(C=C)C=C)cc6)cc5)ccc3-4)cc2)cc1. The maximum Gasteiger partial charge on any atom is 0.306 e. The Morgan fingerprint density at radius 3 is 1.07 bits per heavy atom. The molecule has 0 saturated heterocycles. The lowest BCUT2D eigenvalue weighted by Crippen LogP contribution is -2.25. The van der Waals surface area contributed by atoms with Crippen LogP contribution in [0.4, 0.5) is 0 Å². The average Bonchev–Trinajstić information content (AvgIpc) is 3.70. The number of fused-ring (bicyclic) bond motifs is 3. The van der Waals surface area contributed by atoms with Crippen LogP contribution >= 0.6 is 0 Å². The van der Waals surface area contributed by atoms with Gasteiger partial charge in [-0.05, 0) is 179 Å². The van der Waals surface area contributed by atoms with Crippen molar-refractivity contribution in [3.63, 3.8) is 0 Å². The number of hydrogen-bond acceptors (Lipinski definition) is 6. The molecule has 73 heavy (non-hydrogen) atoms. The predicted octanol–water partition coefficient (Wildman–Crippen LogP) is 17.4. The summed E-state index contributed by atoms with van der Waals surface area (Å²) in [5, 5.41) is 0. The molecule has 0 aliphatic heterocycles. The number of hydrogen-bond donors (Lipinski definition) is 0. The van der Waals surface area contributed by atoms with Gasteiger partial charge in [0.15, 0.2) is 0 Å². The van der Waals surface area contributed by atoms with Gasteiger partial charge in [0.2, 0.25) is 0 Å². The van der Waals surface area contributed by atoms with Crippen molar-refractivity contribution in [3.8, 4) is 67.1 Å². The fourth-order valence-electron chi connectivity index (χ4n) is 9.96. The van der Waals surface area contributed by atoms with Crippen molar-refractivity contribution in [3.05, 3.63) is 195 Å². The fourth-order valence-corrected chi connectivity index (χ4v) is 9.96. The first-order valence-electron chi connectivity index (χ1n) is 26.6. The molecule has 0 radical (unpaired) electrons. The van der Waals surface area contributed by atoms with Gasteiger partial charge in [0.25, 0.3) is 0 Å². The van der Waals surface area contributed by atoms with Crippen LogP contribution in [-0.2, 0) is 24.5 Å². The zero-order valence-corrected chi connectivity index (χ0v) is 43.3. The molecule has 0 atom stereocenters. The predicted molar refractivity (Wildman–Crippen MR) is 302 cm³/mol. The molecular formula is C67H74O6. The van der Waals surface area contributed by atoms with E-state index in [1.165, 1.54) is 68.5 Å². The first kappa shape index (κ1) is 53.6. The minimum absolute atomic E-state index is 0.0558. The van der Waals surface area contributed by atoms with Gasteiger partial charge in [-0.2, -0.15) is 0 Å². The summed E-state index contributed by atoms with van der Waals surface area (Å²) in [6, 6.07) is 49.0. The van der Waals surface area contributed by atoms with Gasteiger partial charge >= 0.3 is 11.9 Å². The second-order valence-corrected chi connectivity index (χ2v) is 19.2. The Bertz CT molecular complexity index is 2560. The van der Waals surface area contributed by atoms with Crippen LogP contribution in [0.5, 0.6) is 11.5 Å². The van der Waals surface area contributed by atoms with Crippen LogP contribution in [0.25, 0.3) is 55.6 Å². The molecule has 0 saturated carbocycles. The minimum atomic E-state index is -0.433. The third-order valence-electron chi connectivity index (χ3n) is 14.1. The van der Waals surface area contributed by atoms with Crippen LogP contribution in [-0.4, -0.2) is 37.4 Å². The monoisotopic (exact) mass is 975 g/mol. The number of benzene rings is 6. The van der Waals surface area contributed by atoms with E-state index < -0.39 is 12.2 Å². The molecule has 6 aromatic rings. The van der Waals surface area contributed by atoms with Crippen molar-refractivity contribution >= 4 is 11.9 Å². The largest absolute Gasteiger partial charge is 0.494 e. The second kappa shape index (κ2) is 27.0. The van der Waals surface area contributed by atoms with Gasteiger partial charge in [0.1, 0.15) is 23.7 Å². The molecule has 0 N–H and O–H groups in total. The van der Waals surface area contributed by atoms with Crippen molar-refractivity contribution in [2.75, 3.05) is 13.2 Å². The molecule has 6 heteroatoms.